The van der Waals surface area contributed by atoms with E-state index in [0.717, 1.165) is 24.3 Å². The maximum atomic E-state index is 5.75. The Hall–Kier alpha value is -1.13. The molecule has 2 N–H and O–H groups in total. The zero-order valence-corrected chi connectivity index (χ0v) is 11.4. The third-order valence-corrected chi connectivity index (χ3v) is 3.60. The minimum atomic E-state index is 0.533. The molecule has 100 valence electrons. The molecule has 1 aliphatic rings. The predicted octanol–water partition coefficient (Wildman–Crippen LogP) is 1.71. The molecule has 0 radical (unpaired) electrons. The quantitative estimate of drug-likeness (QED) is 0.863. The highest BCUT2D eigenvalue weighted by Crippen LogP contribution is 2.18. The zero-order chi connectivity index (χ0) is 13.0. The first-order valence-corrected chi connectivity index (χ1v) is 6.69. The van der Waals surface area contributed by atoms with E-state index >= 15 is 0 Å². The average Bonchev–Trinajstić information content (AvgIpc) is 2.74. The first-order chi connectivity index (χ1) is 8.69. The molecular weight excluding hydrogens is 226 g/mol. The molecule has 0 aliphatic carbocycles. The molecule has 1 fully saturated rings. The van der Waals surface area contributed by atoms with Gasteiger partial charge in [-0.3, -0.25) is 0 Å². The monoisotopic (exact) mass is 249 g/mol. The van der Waals surface area contributed by atoms with E-state index < -0.39 is 0 Å². The van der Waals surface area contributed by atoms with Crippen LogP contribution in [0.1, 0.15) is 30.5 Å². The van der Waals surface area contributed by atoms with Gasteiger partial charge in [0.05, 0.1) is 6.61 Å². The molecule has 0 aromatic carbocycles. The summed E-state index contributed by atoms with van der Waals surface area (Å²) in [5.41, 5.74) is 7.69. The summed E-state index contributed by atoms with van der Waals surface area (Å²) in [5, 5.41) is 0. The maximum absolute atomic E-state index is 5.75. The summed E-state index contributed by atoms with van der Waals surface area (Å²) in [6, 6.07) is 4.60. The maximum Gasteiger partial charge on any atom is 0.213 e. The highest BCUT2D eigenvalue weighted by Gasteiger charge is 2.20. The van der Waals surface area contributed by atoms with Crippen LogP contribution in [-0.4, -0.2) is 36.1 Å². The summed E-state index contributed by atoms with van der Waals surface area (Å²) in [6.45, 7) is 4.45. The largest absolute Gasteiger partial charge is 0.478 e. The van der Waals surface area contributed by atoms with Crippen molar-refractivity contribution in [2.45, 2.75) is 38.8 Å². The van der Waals surface area contributed by atoms with Crippen molar-refractivity contribution in [2.24, 2.45) is 5.73 Å². The molecule has 1 aromatic heterocycles. The Morgan fingerprint density at radius 3 is 3.00 bits per heavy atom. The second-order valence-corrected chi connectivity index (χ2v) is 5.07. The van der Waals surface area contributed by atoms with Gasteiger partial charge in [0.1, 0.15) is 0 Å². The van der Waals surface area contributed by atoms with E-state index in [1.54, 1.807) is 0 Å². The number of hydrogen-bond donors (Lipinski definition) is 1. The SMILES string of the molecule is Cc1cc(CN)cc(OCCC2CCCN2C)n1. The van der Waals surface area contributed by atoms with Crippen LogP contribution in [0.25, 0.3) is 0 Å². The van der Waals surface area contributed by atoms with Crippen molar-refractivity contribution >= 4 is 0 Å². The number of pyridine rings is 1. The smallest absolute Gasteiger partial charge is 0.213 e. The Morgan fingerprint density at radius 1 is 1.50 bits per heavy atom. The Balaban J connectivity index is 1.84. The van der Waals surface area contributed by atoms with E-state index in [4.69, 9.17) is 10.5 Å². The molecule has 18 heavy (non-hydrogen) atoms. The van der Waals surface area contributed by atoms with Crippen molar-refractivity contribution in [3.8, 4) is 5.88 Å². The number of rotatable bonds is 5. The van der Waals surface area contributed by atoms with Gasteiger partial charge in [0.25, 0.3) is 0 Å². The molecular formula is C14H23N3O. The second kappa shape index (κ2) is 6.16. The van der Waals surface area contributed by atoms with Gasteiger partial charge in [-0.1, -0.05) is 0 Å². The minimum absolute atomic E-state index is 0.533. The van der Waals surface area contributed by atoms with Gasteiger partial charge in [-0.15, -0.1) is 0 Å². The summed E-state index contributed by atoms with van der Waals surface area (Å²) in [5.74, 6) is 0.705. The summed E-state index contributed by atoms with van der Waals surface area (Å²) in [7, 11) is 2.19. The van der Waals surface area contributed by atoms with E-state index in [-0.39, 0.29) is 0 Å². The second-order valence-electron chi connectivity index (χ2n) is 5.07. The van der Waals surface area contributed by atoms with Crippen molar-refractivity contribution in [1.82, 2.24) is 9.88 Å². The summed E-state index contributed by atoms with van der Waals surface area (Å²) in [4.78, 5) is 6.79. The number of nitrogens with zero attached hydrogens (tertiary/aromatic N) is 2. The zero-order valence-electron chi connectivity index (χ0n) is 11.4. The number of aryl methyl sites for hydroxylation is 1. The molecule has 1 atom stereocenters. The fraction of sp³-hybridized carbons (Fsp3) is 0.643. The Morgan fingerprint density at radius 2 is 2.33 bits per heavy atom. The predicted molar refractivity (Wildman–Crippen MR) is 72.6 cm³/mol. The number of nitrogens with two attached hydrogens (primary N) is 1. The van der Waals surface area contributed by atoms with Crippen LogP contribution in [0.15, 0.2) is 12.1 Å². The fourth-order valence-electron chi connectivity index (χ4n) is 2.54. The van der Waals surface area contributed by atoms with Crippen molar-refractivity contribution in [3.05, 3.63) is 23.4 Å². The van der Waals surface area contributed by atoms with Crippen molar-refractivity contribution in [3.63, 3.8) is 0 Å². The first kappa shape index (κ1) is 13.3. The van der Waals surface area contributed by atoms with Crippen LogP contribution in [0, 0.1) is 6.92 Å². The highest BCUT2D eigenvalue weighted by atomic mass is 16.5. The van der Waals surface area contributed by atoms with Crippen LogP contribution in [-0.2, 0) is 6.54 Å². The molecule has 0 amide bonds. The third-order valence-electron chi connectivity index (χ3n) is 3.60. The molecule has 4 heteroatoms. The van der Waals surface area contributed by atoms with Crippen LogP contribution in [0.5, 0.6) is 5.88 Å². The van der Waals surface area contributed by atoms with Gasteiger partial charge in [-0.25, -0.2) is 4.98 Å². The van der Waals surface area contributed by atoms with Crippen LogP contribution in [0.2, 0.25) is 0 Å². The highest BCUT2D eigenvalue weighted by molar-refractivity contribution is 5.24. The van der Waals surface area contributed by atoms with Gasteiger partial charge in [-0.05, 0) is 51.4 Å². The third kappa shape index (κ3) is 3.43. The Bertz CT molecular complexity index is 395. The van der Waals surface area contributed by atoms with Gasteiger partial charge in [0.15, 0.2) is 0 Å². The molecule has 2 heterocycles. The Labute approximate surface area is 109 Å². The van der Waals surface area contributed by atoms with Gasteiger partial charge in [0, 0.05) is 24.3 Å². The fourth-order valence-corrected chi connectivity index (χ4v) is 2.54. The normalized spacial score (nSPS) is 20.3. The number of hydrogen-bond acceptors (Lipinski definition) is 4. The molecule has 1 saturated heterocycles. The summed E-state index contributed by atoms with van der Waals surface area (Å²) < 4.78 is 5.75. The number of likely N-dealkylation sites (tertiary alicyclic amines) is 1. The molecule has 0 bridgehead atoms. The van der Waals surface area contributed by atoms with E-state index in [2.05, 4.69) is 16.9 Å². The number of ether oxygens (including phenoxy) is 1. The van der Waals surface area contributed by atoms with E-state index in [9.17, 15) is 0 Å². The molecule has 1 unspecified atom stereocenters. The lowest BCUT2D eigenvalue weighted by Gasteiger charge is -2.19. The summed E-state index contributed by atoms with van der Waals surface area (Å²) >= 11 is 0. The van der Waals surface area contributed by atoms with Crippen LogP contribution < -0.4 is 10.5 Å². The lowest BCUT2D eigenvalue weighted by molar-refractivity contribution is 0.228. The first-order valence-electron chi connectivity index (χ1n) is 6.69. The van der Waals surface area contributed by atoms with E-state index in [1.807, 2.05) is 19.1 Å². The molecule has 1 aliphatic heterocycles. The molecule has 0 spiro atoms. The lowest BCUT2D eigenvalue weighted by atomic mass is 10.1. The van der Waals surface area contributed by atoms with Crippen molar-refractivity contribution in [1.29, 1.82) is 0 Å². The lowest BCUT2D eigenvalue weighted by Crippen LogP contribution is -2.26. The molecule has 2 rings (SSSR count). The van der Waals surface area contributed by atoms with Crippen LogP contribution in [0.3, 0.4) is 0 Å². The van der Waals surface area contributed by atoms with Crippen LogP contribution in [0.4, 0.5) is 0 Å². The molecule has 1 aromatic rings. The summed E-state index contributed by atoms with van der Waals surface area (Å²) in [6.07, 6.45) is 3.67. The standard InChI is InChI=1S/C14H23N3O/c1-11-8-12(10-15)9-14(16-11)18-7-5-13-4-3-6-17(13)2/h8-9,13H,3-7,10,15H2,1-2H3. The molecule has 4 nitrogen and oxygen atoms in total. The van der Waals surface area contributed by atoms with Crippen molar-refractivity contribution < 1.29 is 4.74 Å². The molecule has 0 saturated carbocycles. The van der Waals surface area contributed by atoms with E-state index in [0.29, 0.717) is 18.5 Å². The van der Waals surface area contributed by atoms with Crippen LogP contribution >= 0.6 is 0 Å². The number of aromatic nitrogens is 1. The van der Waals surface area contributed by atoms with Gasteiger partial charge < -0.3 is 15.4 Å². The average molecular weight is 249 g/mol. The van der Waals surface area contributed by atoms with Gasteiger partial charge in [-0.2, -0.15) is 0 Å². The van der Waals surface area contributed by atoms with Gasteiger partial charge in [0.2, 0.25) is 5.88 Å². The van der Waals surface area contributed by atoms with Crippen molar-refractivity contribution in [2.75, 3.05) is 20.2 Å². The van der Waals surface area contributed by atoms with E-state index in [1.165, 1.54) is 19.4 Å². The van der Waals surface area contributed by atoms with Gasteiger partial charge >= 0.3 is 0 Å². The Kier molecular flexibility index (Phi) is 4.55. The topological polar surface area (TPSA) is 51.4 Å². The minimum Gasteiger partial charge on any atom is -0.478 e.